The van der Waals surface area contributed by atoms with Crippen molar-refractivity contribution in [3.63, 3.8) is 0 Å². The summed E-state index contributed by atoms with van der Waals surface area (Å²) in [6.07, 6.45) is 0.855. The van der Waals surface area contributed by atoms with Crippen LogP contribution in [0.25, 0.3) is 0 Å². The third-order valence-corrected chi connectivity index (χ3v) is 3.86. The summed E-state index contributed by atoms with van der Waals surface area (Å²) in [5.41, 5.74) is 0.902. The van der Waals surface area contributed by atoms with Gasteiger partial charge in [-0.15, -0.1) is 0 Å². The van der Waals surface area contributed by atoms with E-state index in [1.165, 1.54) is 12.1 Å². The average Bonchev–Trinajstić information content (AvgIpc) is 2.74. The van der Waals surface area contributed by atoms with Gasteiger partial charge in [-0.3, -0.25) is 9.69 Å². The normalized spacial score (nSPS) is 20.0. The Balaban J connectivity index is 2.02. The van der Waals surface area contributed by atoms with Crippen molar-refractivity contribution < 1.29 is 9.18 Å². The van der Waals surface area contributed by atoms with Gasteiger partial charge in [0.25, 0.3) is 0 Å². The summed E-state index contributed by atoms with van der Waals surface area (Å²) in [6.45, 7) is 7.66. The molecule has 20 heavy (non-hydrogen) atoms. The highest BCUT2D eigenvalue weighted by molar-refractivity contribution is 5.84. The van der Waals surface area contributed by atoms with Gasteiger partial charge in [0.1, 0.15) is 5.82 Å². The van der Waals surface area contributed by atoms with Gasteiger partial charge in [-0.1, -0.05) is 12.1 Å². The van der Waals surface area contributed by atoms with Crippen LogP contribution in [-0.2, 0) is 11.3 Å². The van der Waals surface area contributed by atoms with Crippen LogP contribution >= 0.6 is 0 Å². The zero-order chi connectivity index (χ0) is 14.9. The standard InChI is InChI=1S/C16H23FN2O/c1-16(2,3)19-10-9-14(15(19)20)18(4)11-12-5-7-13(17)8-6-12/h5-8,14H,9-11H2,1-4H3. The van der Waals surface area contributed by atoms with Gasteiger partial charge in [-0.05, 0) is 51.9 Å². The zero-order valence-corrected chi connectivity index (χ0v) is 12.7. The van der Waals surface area contributed by atoms with Crippen LogP contribution in [0.5, 0.6) is 0 Å². The lowest BCUT2D eigenvalue weighted by Gasteiger charge is -2.33. The quantitative estimate of drug-likeness (QED) is 0.848. The highest BCUT2D eigenvalue weighted by Gasteiger charge is 2.39. The van der Waals surface area contributed by atoms with Gasteiger partial charge in [0.05, 0.1) is 6.04 Å². The first-order chi connectivity index (χ1) is 9.29. The third kappa shape index (κ3) is 3.18. The lowest BCUT2D eigenvalue weighted by molar-refractivity contribution is -0.135. The Morgan fingerprint density at radius 3 is 2.40 bits per heavy atom. The highest BCUT2D eigenvalue weighted by Crippen LogP contribution is 2.25. The summed E-state index contributed by atoms with van der Waals surface area (Å²) in [5.74, 6) is -0.0330. The molecule has 0 aliphatic carbocycles. The number of amides is 1. The molecule has 1 atom stereocenters. The topological polar surface area (TPSA) is 23.6 Å². The van der Waals surface area contributed by atoms with Crippen LogP contribution in [-0.4, -0.2) is 40.9 Å². The fourth-order valence-electron chi connectivity index (χ4n) is 2.73. The first kappa shape index (κ1) is 15.0. The van der Waals surface area contributed by atoms with Gasteiger partial charge in [0.2, 0.25) is 5.91 Å². The van der Waals surface area contributed by atoms with E-state index in [1.807, 2.05) is 11.9 Å². The van der Waals surface area contributed by atoms with Crippen LogP contribution in [0.1, 0.15) is 32.8 Å². The van der Waals surface area contributed by atoms with Crippen LogP contribution in [0.15, 0.2) is 24.3 Å². The van der Waals surface area contributed by atoms with Crippen LogP contribution in [0.3, 0.4) is 0 Å². The largest absolute Gasteiger partial charge is 0.336 e. The van der Waals surface area contributed by atoms with E-state index in [0.717, 1.165) is 18.5 Å². The molecule has 0 N–H and O–H groups in total. The number of hydrogen-bond acceptors (Lipinski definition) is 2. The predicted molar refractivity (Wildman–Crippen MR) is 77.7 cm³/mol. The molecule has 1 unspecified atom stereocenters. The van der Waals surface area contributed by atoms with E-state index in [0.29, 0.717) is 6.54 Å². The van der Waals surface area contributed by atoms with Crippen LogP contribution in [0.4, 0.5) is 4.39 Å². The molecule has 1 fully saturated rings. The summed E-state index contributed by atoms with van der Waals surface area (Å²) in [5, 5.41) is 0. The van der Waals surface area contributed by atoms with Crippen LogP contribution in [0.2, 0.25) is 0 Å². The minimum Gasteiger partial charge on any atom is -0.336 e. The number of likely N-dealkylation sites (tertiary alicyclic amines) is 1. The average molecular weight is 278 g/mol. The number of benzene rings is 1. The van der Waals surface area contributed by atoms with Gasteiger partial charge in [-0.2, -0.15) is 0 Å². The van der Waals surface area contributed by atoms with E-state index in [4.69, 9.17) is 0 Å². The zero-order valence-electron chi connectivity index (χ0n) is 12.7. The van der Waals surface area contributed by atoms with Gasteiger partial charge < -0.3 is 4.90 Å². The Labute approximate surface area is 120 Å². The molecule has 0 aromatic heterocycles. The summed E-state index contributed by atoms with van der Waals surface area (Å²) < 4.78 is 12.9. The molecular formula is C16H23FN2O. The number of rotatable bonds is 3. The summed E-state index contributed by atoms with van der Waals surface area (Å²) in [4.78, 5) is 16.5. The molecule has 0 radical (unpaired) electrons. The summed E-state index contributed by atoms with van der Waals surface area (Å²) in [7, 11) is 1.96. The van der Waals surface area contributed by atoms with Crippen molar-refractivity contribution >= 4 is 5.91 Å². The van der Waals surface area contributed by atoms with Crippen molar-refractivity contribution in [1.29, 1.82) is 0 Å². The van der Waals surface area contributed by atoms with Gasteiger partial charge >= 0.3 is 0 Å². The molecule has 1 aliphatic rings. The number of carbonyl (C=O) groups excluding carboxylic acids is 1. The van der Waals surface area contributed by atoms with E-state index < -0.39 is 0 Å². The third-order valence-electron chi connectivity index (χ3n) is 3.86. The van der Waals surface area contributed by atoms with Crippen molar-refractivity contribution in [2.24, 2.45) is 0 Å². The maximum Gasteiger partial charge on any atom is 0.240 e. The highest BCUT2D eigenvalue weighted by atomic mass is 19.1. The summed E-state index contributed by atoms with van der Waals surface area (Å²) >= 11 is 0. The van der Waals surface area contributed by atoms with E-state index in [2.05, 4.69) is 25.7 Å². The Bertz CT molecular complexity index is 478. The number of likely N-dealkylation sites (N-methyl/N-ethyl adjacent to an activating group) is 1. The molecule has 0 spiro atoms. The van der Waals surface area contributed by atoms with Crippen molar-refractivity contribution in [2.45, 2.75) is 45.3 Å². The van der Waals surface area contributed by atoms with E-state index in [-0.39, 0.29) is 23.3 Å². The van der Waals surface area contributed by atoms with Gasteiger partial charge in [0, 0.05) is 18.6 Å². The maximum absolute atomic E-state index is 12.9. The molecule has 4 heteroatoms. The number of carbonyl (C=O) groups is 1. The molecule has 0 saturated carbocycles. The Kier molecular flexibility index (Phi) is 4.14. The molecule has 1 heterocycles. The van der Waals surface area contributed by atoms with E-state index in [9.17, 15) is 9.18 Å². The van der Waals surface area contributed by atoms with Crippen molar-refractivity contribution in [1.82, 2.24) is 9.80 Å². The Morgan fingerprint density at radius 1 is 1.30 bits per heavy atom. The molecule has 0 bridgehead atoms. The van der Waals surface area contributed by atoms with Gasteiger partial charge in [-0.25, -0.2) is 4.39 Å². The van der Waals surface area contributed by atoms with Crippen molar-refractivity contribution in [3.8, 4) is 0 Å². The smallest absolute Gasteiger partial charge is 0.240 e. The van der Waals surface area contributed by atoms with Gasteiger partial charge in [0.15, 0.2) is 0 Å². The predicted octanol–water partition coefficient (Wildman–Crippen LogP) is 2.66. The van der Waals surface area contributed by atoms with Crippen molar-refractivity contribution in [2.75, 3.05) is 13.6 Å². The minimum atomic E-state index is -0.229. The monoisotopic (exact) mass is 278 g/mol. The van der Waals surface area contributed by atoms with E-state index in [1.54, 1.807) is 12.1 Å². The number of hydrogen-bond donors (Lipinski definition) is 0. The molecule has 1 aliphatic heterocycles. The molecule has 2 rings (SSSR count). The second-order valence-electron chi connectivity index (χ2n) is 6.51. The molecule has 1 aromatic rings. The minimum absolute atomic E-state index is 0.0701. The SMILES string of the molecule is CN(Cc1ccc(F)cc1)C1CCN(C(C)(C)C)C1=O. The lowest BCUT2D eigenvalue weighted by atomic mass is 10.1. The maximum atomic E-state index is 12.9. The molecule has 3 nitrogen and oxygen atoms in total. The fraction of sp³-hybridized carbons (Fsp3) is 0.562. The number of nitrogens with zero attached hydrogens (tertiary/aromatic N) is 2. The Hall–Kier alpha value is -1.42. The first-order valence-corrected chi connectivity index (χ1v) is 7.05. The Morgan fingerprint density at radius 2 is 1.90 bits per heavy atom. The number of halogens is 1. The molecule has 110 valence electrons. The second-order valence-corrected chi connectivity index (χ2v) is 6.51. The first-order valence-electron chi connectivity index (χ1n) is 7.05. The van der Waals surface area contributed by atoms with Crippen molar-refractivity contribution in [3.05, 3.63) is 35.6 Å². The summed E-state index contributed by atoms with van der Waals surface area (Å²) in [6, 6.07) is 6.39. The lowest BCUT2D eigenvalue weighted by Crippen LogP contribution is -2.46. The fourth-order valence-corrected chi connectivity index (χ4v) is 2.73. The second kappa shape index (κ2) is 5.52. The van der Waals surface area contributed by atoms with Crippen LogP contribution in [0, 0.1) is 5.82 Å². The van der Waals surface area contributed by atoms with Crippen LogP contribution < -0.4 is 0 Å². The molecule has 1 amide bonds. The molecule has 1 saturated heterocycles. The molecule has 1 aromatic carbocycles. The van der Waals surface area contributed by atoms with E-state index >= 15 is 0 Å². The molecular weight excluding hydrogens is 255 g/mol.